The molecular formula is C9H9ClN2O2S. The predicted molar refractivity (Wildman–Crippen MR) is 60.4 cm³/mol. The second-order valence-corrected chi connectivity index (χ2v) is 3.77. The molecule has 0 saturated heterocycles. The van der Waals surface area contributed by atoms with Gasteiger partial charge in [0.25, 0.3) is 0 Å². The standard InChI is InChI=1S/C9H9ClN2O2S/c1-3-4-5-11-9-12-7(10)6(15-9)8(13)14-2/h5H2,1-2H3,(H,11,12). The summed E-state index contributed by atoms with van der Waals surface area (Å²) >= 11 is 6.90. The van der Waals surface area contributed by atoms with Gasteiger partial charge in [-0.1, -0.05) is 28.9 Å². The molecule has 0 atom stereocenters. The van der Waals surface area contributed by atoms with Crippen molar-refractivity contribution in [1.82, 2.24) is 4.98 Å². The normalized spacial score (nSPS) is 9.00. The number of aromatic nitrogens is 1. The summed E-state index contributed by atoms with van der Waals surface area (Å²) in [5.41, 5.74) is 0. The number of nitrogens with one attached hydrogen (secondary N) is 1. The highest BCUT2D eigenvalue weighted by Gasteiger charge is 2.16. The fourth-order valence-electron chi connectivity index (χ4n) is 0.804. The zero-order valence-electron chi connectivity index (χ0n) is 8.26. The molecule has 1 rings (SSSR count). The zero-order valence-corrected chi connectivity index (χ0v) is 9.83. The number of esters is 1. The second-order valence-electron chi connectivity index (χ2n) is 2.41. The average molecular weight is 245 g/mol. The molecule has 0 saturated carbocycles. The van der Waals surface area contributed by atoms with Gasteiger partial charge in [0.1, 0.15) is 0 Å². The van der Waals surface area contributed by atoms with E-state index < -0.39 is 5.97 Å². The number of hydrogen-bond donors (Lipinski definition) is 1. The number of carbonyl (C=O) groups excluding carboxylic acids is 1. The first-order chi connectivity index (χ1) is 7.19. The molecule has 0 amide bonds. The van der Waals surface area contributed by atoms with Gasteiger partial charge < -0.3 is 10.1 Å². The number of ether oxygens (including phenoxy) is 1. The van der Waals surface area contributed by atoms with E-state index in [1.807, 2.05) is 0 Å². The number of carbonyl (C=O) groups is 1. The summed E-state index contributed by atoms with van der Waals surface area (Å²) < 4.78 is 4.55. The Morgan fingerprint density at radius 3 is 3.07 bits per heavy atom. The lowest BCUT2D eigenvalue weighted by Gasteiger charge is -1.93. The van der Waals surface area contributed by atoms with Crippen LogP contribution in [0.15, 0.2) is 0 Å². The molecule has 15 heavy (non-hydrogen) atoms. The molecular weight excluding hydrogens is 236 g/mol. The molecule has 0 spiro atoms. The summed E-state index contributed by atoms with van der Waals surface area (Å²) in [6, 6.07) is 0. The molecule has 80 valence electrons. The van der Waals surface area contributed by atoms with Gasteiger partial charge in [0.2, 0.25) is 0 Å². The third-order valence-electron chi connectivity index (χ3n) is 1.46. The van der Waals surface area contributed by atoms with E-state index in [0.717, 1.165) is 11.3 Å². The minimum absolute atomic E-state index is 0.152. The zero-order chi connectivity index (χ0) is 11.3. The number of halogens is 1. The van der Waals surface area contributed by atoms with Crippen LogP contribution in [0.2, 0.25) is 5.15 Å². The van der Waals surface area contributed by atoms with Crippen molar-refractivity contribution in [2.75, 3.05) is 19.0 Å². The van der Waals surface area contributed by atoms with Gasteiger partial charge in [-0.05, 0) is 6.92 Å². The number of anilines is 1. The summed E-state index contributed by atoms with van der Waals surface area (Å²) in [7, 11) is 1.30. The lowest BCUT2D eigenvalue weighted by atomic mass is 10.6. The van der Waals surface area contributed by atoms with E-state index in [-0.39, 0.29) is 5.15 Å². The minimum Gasteiger partial charge on any atom is -0.465 e. The van der Waals surface area contributed by atoms with E-state index in [9.17, 15) is 4.79 Å². The smallest absolute Gasteiger partial charge is 0.351 e. The largest absolute Gasteiger partial charge is 0.465 e. The number of nitrogens with zero attached hydrogens (tertiary/aromatic N) is 1. The molecule has 0 bridgehead atoms. The quantitative estimate of drug-likeness (QED) is 0.653. The van der Waals surface area contributed by atoms with E-state index in [1.54, 1.807) is 6.92 Å². The Bertz CT molecular complexity index is 419. The van der Waals surface area contributed by atoms with Crippen molar-refractivity contribution in [3.63, 3.8) is 0 Å². The maximum absolute atomic E-state index is 11.2. The molecule has 0 unspecified atom stereocenters. The fraction of sp³-hybridized carbons (Fsp3) is 0.333. The van der Waals surface area contributed by atoms with Gasteiger partial charge in [-0.3, -0.25) is 0 Å². The van der Waals surface area contributed by atoms with E-state index in [1.165, 1.54) is 7.11 Å². The van der Waals surface area contributed by atoms with Crippen molar-refractivity contribution in [1.29, 1.82) is 0 Å². The Hall–Kier alpha value is -1.25. The summed E-state index contributed by atoms with van der Waals surface area (Å²) in [4.78, 5) is 15.4. The van der Waals surface area contributed by atoms with E-state index in [0.29, 0.717) is 16.6 Å². The lowest BCUT2D eigenvalue weighted by molar-refractivity contribution is 0.0606. The van der Waals surface area contributed by atoms with Gasteiger partial charge in [0.15, 0.2) is 15.2 Å². The molecule has 1 aromatic rings. The van der Waals surface area contributed by atoms with Crippen molar-refractivity contribution in [2.45, 2.75) is 6.92 Å². The van der Waals surface area contributed by atoms with Crippen LogP contribution in [0, 0.1) is 11.8 Å². The minimum atomic E-state index is -0.480. The van der Waals surface area contributed by atoms with Gasteiger partial charge in [0, 0.05) is 0 Å². The van der Waals surface area contributed by atoms with Crippen molar-refractivity contribution in [3.8, 4) is 11.8 Å². The number of thiazole rings is 1. The summed E-state index contributed by atoms with van der Waals surface area (Å²) in [6.45, 7) is 2.22. The molecule has 0 fully saturated rings. The van der Waals surface area contributed by atoms with Gasteiger partial charge in [0.05, 0.1) is 13.7 Å². The van der Waals surface area contributed by atoms with E-state index >= 15 is 0 Å². The van der Waals surface area contributed by atoms with Crippen LogP contribution in [-0.4, -0.2) is 24.6 Å². The average Bonchev–Trinajstić information content (AvgIpc) is 2.59. The molecule has 1 N–H and O–H groups in total. The van der Waals surface area contributed by atoms with Gasteiger partial charge in [-0.2, -0.15) is 0 Å². The van der Waals surface area contributed by atoms with Crippen molar-refractivity contribution < 1.29 is 9.53 Å². The summed E-state index contributed by atoms with van der Waals surface area (Å²) in [6.07, 6.45) is 0. The number of rotatable bonds is 3. The Morgan fingerprint density at radius 1 is 1.73 bits per heavy atom. The molecule has 1 heterocycles. The van der Waals surface area contributed by atoms with Gasteiger partial charge >= 0.3 is 5.97 Å². The van der Waals surface area contributed by atoms with Crippen LogP contribution in [0.1, 0.15) is 16.6 Å². The molecule has 4 nitrogen and oxygen atoms in total. The highest BCUT2D eigenvalue weighted by atomic mass is 35.5. The third-order valence-corrected chi connectivity index (χ3v) is 2.84. The van der Waals surface area contributed by atoms with Crippen molar-refractivity contribution in [2.24, 2.45) is 0 Å². The van der Waals surface area contributed by atoms with Crippen LogP contribution in [0.25, 0.3) is 0 Å². The molecule has 6 heteroatoms. The fourth-order valence-corrected chi connectivity index (χ4v) is 1.90. The van der Waals surface area contributed by atoms with Gasteiger partial charge in [-0.15, -0.1) is 5.92 Å². The maximum Gasteiger partial charge on any atom is 0.351 e. The van der Waals surface area contributed by atoms with Crippen molar-refractivity contribution >= 4 is 34.0 Å². The first kappa shape index (κ1) is 11.8. The molecule has 0 aliphatic rings. The Balaban J connectivity index is 2.75. The molecule has 0 radical (unpaired) electrons. The van der Waals surface area contributed by atoms with Gasteiger partial charge in [-0.25, -0.2) is 9.78 Å². The summed E-state index contributed by atoms with van der Waals surface area (Å²) in [5.74, 6) is 5.07. The lowest BCUT2D eigenvalue weighted by Crippen LogP contribution is -1.98. The third kappa shape index (κ3) is 3.11. The molecule has 1 aromatic heterocycles. The Labute approximate surface area is 96.6 Å². The monoisotopic (exact) mass is 244 g/mol. The first-order valence-corrected chi connectivity index (χ1v) is 5.26. The number of hydrogen-bond acceptors (Lipinski definition) is 5. The van der Waals surface area contributed by atoms with E-state index in [4.69, 9.17) is 11.6 Å². The Kier molecular flexibility index (Phi) is 4.40. The van der Waals surface area contributed by atoms with Crippen LogP contribution in [0.4, 0.5) is 5.13 Å². The molecule has 0 aromatic carbocycles. The number of methoxy groups -OCH3 is 1. The topological polar surface area (TPSA) is 51.2 Å². The van der Waals surface area contributed by atoms with Crippen molar-refractivity contribution in [3.05, 3.63) is 10.0 Å². The Morgan fingerprint density at radius 2 is 2.47 bits per heavy atom. The highest BCUT2D eigenvalue weighted by Crippen LogP contribution is 2.27. The second kappa shape index (κ2) is 5.59. The SMILES string of the molecule is CC#CCNc1nc(Cl)c(C(=O)OC)s1. The highest BCUT2D eigenvalue weighted by molar-refractivity contribution is 7.18. The van der Waals surface area contributed by atoms with Crippen LogP contribution >= 0.6 is 22.9 Å². The van der Waals surface area contributed by atoms with Crippen LogP contribution < -0.4 is 5.32 Å². The van der Waals surface area contributed by atoms with Crippen LogP contribution in [0.3, 0.4) is 0 Å². The van der Waals surface area contributed by atoms with E-state index in [2.05, 4.69) is 26.9 Å². The molecule has 0 aliphatic carbocycles. The maximum atomic E-state index is 11.2. The first-order valence-electron chi connectivity index (χ1n) is 4.07. The van der Waals surface area contributed by atoms with Crippen LogP contribution in [-0.2, 0) is 4.74 Å². The summed E-state index contributed by atoms with van der Waals surface area (Å²) in [5, 5.41) is 3.64. The molecule has 0 aliphatic heterocycles. The predicted octanol–water partition coefficient (Wildman–Crippen LogP) is 2.02. The van der Waals surface area contributed by atoms with Crippen LogP contribution in [0.5, 0.6) is 0 Å².